The second kappa shape index (κ2) is 4.75. The van der Waals surface area contributed by atoms with E-state index in [9.17, 15) is 0 Å². The van der Waals surface area contributed by atoms with Gasteiger partial charge in [-0.1, -0.05) is 29.3 Å². The van der Waals surface area contributed by atoms with Crippen LogP contribution in [-0.4, -0.2) is 18.8 Å². The standard InChI is InChI=1S/C10H11Cl2NS/c11-8-2-1-7(5-9(8)12)10-6-13-3-4-14-10/h1-2,5,10,13H,3-4,6H2. The van der Waals surface area contributed by atoms with Crippen molar-refractivity contribution in [2.24, 2.45) is 0 Å². The van der Waals surface area contributed by atoms with Crippen LogP contribution in [-0.2, 0) is 0 Å². The lowest BCUT2D eigenvalue weighted by atomic mass is 10.1. The fourth-order valence-electron chi connectivity index (χ4n) is 1.49. The second-order valence-electron chi connectivity index (χ2n) is 3.24. The molecule has 4 heteroatoms. The van der Waals surface area contributed by atoms with Crippen LogP contribution >= 0.6 is 35.0 Å². The van der Waals surface area contributed by atoms with Crippen LogP contribution in [0, 0.1) is 0 Å². The highest BCUT2D eigenvalue weighted by Crippen LogP contribution is 2.33. The molecule has 0 amide bonds. The van der Waals surface area contributed by atoms with E-state index in [1.54, 1.807) is 0 Å². The van der Waals surface area contributed by atoms with Gasteiger partial charge in [0.05, 0.1) is 10.0 Å². The maximum absolute atomic E-state index is 5.97. The SMILES string of the molecule is Clc1ccc(C2CNCCS2)cc1Cl. The van der Waals surface area contributed by atoms with Gasteiger partial charge in [0.1, 0.15) is 0 Å². The lowest BCUT2D eigenvalue weighted by Gasteiger charge is -2.22. The maximum atomic E-state index is 5.97. The van der Waals surface area contributed by atoms with E-state index in [1.807, 2.05) is 23.9 Å². The summed E-state index contributed by atoms with van der Waals surface area (Å²) in [5, 5.41) is 5.16. The number of rotatable bonds is 1. The van der Waals surface area contributed by atoms with Gasteiger partial charge in [-0.2, -0.15) is 11.8 Å². The molecule has 0 aliphatic carbocycles. The van der Waals surface area contributed by atoms with Gasteiger partial charge in [-0.3, -0.25) is 0 Å². The summed E-state index contributed by atoms with van der Waals surface area (Å²) in [6.07, 6.45) is 0. The lowest BCUT2D eigenvalue weighted by Crippen LogP contribution is -2.28. The van der Waals surface area contributed by atoms with E-state index in [0.717, 1.165) is 18.8 Å². The fourth-order valence-corrected chi connectivity index (χ4v) is 2.92. The Morgan fingerprint density at radius 2 is 2.14 bits per heavy atom. The summed E-state index contributed by atoms with van der Waals surface area (Å²) in [7, 11) is 0. The Hall–Kier alpha value is 0.110. The Morgan fingerprint density at radius 1 is 1.29 bits per heavy atom. The predicted octanol–water partition coefficient (Wildman–Crippen LogP) is 3.37. The number of thioether (sulfide) groups is 1. The molecular weight excluding hydrogens is 237 g/mol. The quantitative estimate of drug-likeness (QED) is 0.817. The first-order valence-electron chi connectivity index (χ1n) is 4.54. The molecule has 1 aliphatic rings. The topological polar surface area (TPSA) is 12.0 Å². The first-order chi connectivity index (χ1) is 6.77. The Kier molecular flexibility index (Phi) is 3.61. The summed E-state index contributed by atoms with van der Waals surface area (Å²) in [6, 6.07) is 5.89. The van der Waals surface area contributed by atoms with Crippen molar-refractivity contribution < 1.29 is 0 Å². The van der Waals surface area contributed by atoms with Crippen LogP contribution in [0.4, 0.5) is 0 Å². The first kappa shape index (κ1) is 10.6. The van der Waals surface area contributed by atoms with Gasteiger partial charge in [0.2, 0.25) is 0 Å². The average Bonchev–Trinajstić information content (AvgIpc) is 2.23. The Labute approximate surface area is 98.2 Å². The molecule has 0 aromatic heterocycles. The van der Waals surface area contributed by atoms with Crippen molar-refractivity contribution in [1.29, 1.82) is 0 Å². The van der Waals surface area contributed by atoms with E-state index in [1.165, 1.54) is 5.56 Å². The number of benzene rings is 1. The Bertz CT molecular complexity index is 324. The molecule has 0 spiro atoms. The monoisotopic (exact) mass is 247 g/mol. The van der Waals surface area contributed by atoms with E-state index in [-0.39, 0.29) is 0 Å². The molecule has 1 fully saturated rings. The molecule has 2 rings (SSSR count). The van der Waals surface area contributed by atoms with Crippen LogP contribution in [0.15, 0.2) is 18.2 Å². The minimum atomic E-state index is 0.513. The predicted molar refractivity (Wildman–Crippen MR) is 64.5 cm³/mol. The minimum Gasteiger partial charge on any atom is -0.314 e. The van der Waals surface area contributed by atoms with Gasteiger partial charge in [0.25, 0.3) is 0 Å². The molecule has 76 valence electrons. The average molecular weight is 248 g/mol. The molecule has 1 saturated heterocycles. The molecule has 1 heterocycles. The van der Waals surface area contributed by atoms with E-state index < -0.39 is 0 Å². The first-order valence-corrected chi connectivity index (χ1v) is 6.35. The van der Waals surface area contributed by atoms with Crippen LogP contribution in [0.1, 0.15) is 10.8 Å². The summed E-state index contributed by atoms with van der Waals surface area (Å²) in [4.78, 5) is 0. The lowest BCUT2D eigenvalue weighted by molar-refractivity contribution is 0.689. The zero-order valence-corrected chi connectivity index (χ0v) is 9.92. The normalized spacial score (nSPS) is 22.3. The highest BCUT2D eigenvalue weighted by molar-refractivity contribution is 7.99. The zero-order valence-electron chi connectivity index (χ0n) is 7.59. The molecule has 0 radical (unpaired) electrons. The van der Waals surface area contributed by atoms with Gasteiger partial charge in [-0.25, -0.2) is 0 Å². The number of hydrogen-bond donors (Lipinski definition) is 1. The van der Waals surface area contributed by atoms with Crippen LogP contribution in [0.5, 0.6) is 0 Å². The van der Waals surface area contributed by atoms with E-state index in [2.05, 4.69) is 11.4 Å². The Morgan fingerprint density at radius 3 is 2.79 bits per heavy atom. The summed E-state index contributed by atoms with van der Waals surface area (Å²) in [6.45, 7) is 2.12. The maximum Gasteiger partial charge on any atom is 0.0595 e. The number of halogens is 2. The van der Waals surface area contributed by atoms with Crippen molar-refractivity contribution in [2.45, 2.75) is 5.25 Å². The van der Waals surface area contributed by atoms with Crippen LogP contribution in [0.3, 0.4) is 0 Å². The third kappa shape index (κ3) is 2.37. The minimum absolute atomic E-state index is 0.513. The van der Waals surface area contributed by atoms with Crippen molar-refractivity contribution in [2.75, 3.05) is 18.8 Å². The van der Waals surface area contributed by atoms with Crippen molar-refractivity contribution in [3.05, 3.63) is 33.8 Å². The molecule has 0 saturated carbocycles. The summed E-state index contributed by atoms with van der Waals surface area (Å²) < 4.78 is 0. The van der Waals surface area contributed by atoms with E-state index >= 15 is 0 Å². The highest BCUT2D eigenvalue weighted by Gasteiger charge is 2.16. The van der Waals surface area contributed by atoms with Crippen LogP contribution < -0.4 is 5.32 Å². The molecule has 1 unspecified atom stereocenters. The molecule has 0 bridgehead atoms. The molecule has 14 heavy (non-hydrogen) atoms. The Balaban J connectivity index is 2.18. The molecule has 1 aromatic rings. The summed E-state index contributed by atoms with van der Waals surface area (Å²) >= 11 is 13.8. The van der Waals surface area contributed by atoms with Crippen LogP contribution in [0.25, 0.3) is 0 Å². The van der Waals surface area contributed by atoms with E-state index in [0.29, 0.717) is 15.3 Å². The van der Waals surface area contributed by atoms with Gasteiger partial charge in [-0.05, 0) is 17.7 Å². The fraction of sp³-hybridized carbons (Fsp3) is 0.400. The molecule has 1 aromatic carbocycles. The third-order valence-corrected chi connectivity index (χ3v) is 4.26. The van der Waals surface area contributed by atoms with Crippen molar-refractivity contribution in [3.8, 4) is 0 Å². The smallest absolute Gasteiger partial charge is 0.0595 e. The van der Waals surface area contributed by atoms with Gasteiger partial charge < -0.3 is 5.32 Å². The molecule has 1 aliphatic heterocycles. The van der Waals surface area contributed by atoms with Crippen molar-refractivity contribution in [3.63, 3.8) is 0 Å². The number of nitrogens with one attached hydrogen (secondary N) is 1. The zero-order chi connectivity index (χ0) is 9.97. The van der Waals surface area contributed by atoms with Gasteiger partial charge in [0.15, 0.2) is 0 Å². The highest BCUT2D eigenvalue weighted by atomic mass is 35.5. The molecule has 1 atom stereocenters. The van der Waals surface area contributed by atoms with Crippen LogP contribution in [0.2, 0.25) is 10.0 Å². The molecular formula is C10H11Cl2NS. The summed E-state index contributed by atoms with van der Waals surface area (Å²) in [5.74, 6) is 1.16. The number of hydrogen-bond acceptors (Lipinski definition) is 2. The van der Waals surface area contributed by atoms with Gasteiger partial charge >= 0.3 is 0 Å². The third-order valence-electron chi connectivity index (χ3n) is 2.24. The van der Waals surface area contributed by atoms with Crippen molar-refractivity contribution in [1.82, 2.24) is 5.32 Å². The second-order valence-corrected chi connectivity index (χ2v) is 5.36. The summed E-state index contributed by atoms with van der Waals surface area (Å²) in [5.41, 5.74) is 1.26. The molecule has 1 N–H and O–H groups in total. The van der Waals surface area contributed by atoms with Gasteiger partial charge in [-0.15, -0.1) is 0 Å². The largest absolute Gasteiger partial charge is 0.314 e. The van der Waals surface area contributed by atoms with E-state index in [4.69, 9.17) is 23.2 Å². The van der Waals surface area contributed by atoms with Crippen molar-refractivity contribution >= 4 is 35.0 Å². The van der Waals surface area contributed by atoms with Gasteiger partial charge in [0, 0.05) is 24.1 Å². The molecule has 1 nitrogen and oxygen atoms in total.